The highest BCUT2D eigenvalue weighted by Gasteiger charge is 2.16. The first-order chi connectivity index (χ1) is 15.7. The van der Waals surface area contributed by atoms with Gasteiger partial charge in [0.1, 0.15) is 0 Å². The Kier molecular flexibility index (Phi) is 5.36. The van der Waals surface area contributed by atoms with E-state index >= 15 is 0 Å². The van der Waals surface area contributed by atoms with Gasteiger partial charge in [-0.15, -0.1) is 0 Å². The zero-order chi connectivity index (χ0) is 21.9. The van der Waals surface area contributed by atoms with Crippen LogP contribution in [0.4, 0.5) is 11.6 Å². The van der Waals surface area contributed by atoms with E-state index in [1.165, 1.54) is 0 Å². The van der Waals surface area contributed by atoms with E-state index in [1.54, 1.807) is 6.07 Å². The maximum Gasteiger partial charge on any atom is 0.228 e. The summed E-state index contributed by atoms with van der Waals surface area (Å²) in [5, 5.41) is 4.75. The lowest BCUT2D eigenvalue weighted by molar-refractivity contribution is 0.103. The number of carbonyl (C=O) groups is 1. The molecule has 0 aliphatic carbocycles. The number of rotatable bonds is 5. The zero-order valence-corrected chi connectivity index (χ0v) is 17.8. The highest BCUT2D eigenvalue weighted by atomic mass is 35.5. The molecule has 0 unspecified atom stereocenters. The summed E-state index contributed by atoms with van der Waals surface area (Å²) >= 11 is 6.25. The fourth-order valence-electron chi connectivity index (χ4n) is 3.63. The number of nitrogens with zero attached hydrogens (tertiary/aromatic N) is 2. The average Bonchev–Trinajstić information content (AvgIpc) is 2.85. The fourth-order valence-corrected chi connectivity index (χ4v) is 3.80. The molecule has 5 rings (SSSR count). The molecule has 1 aromatic heterocycles. The molecule has 0 bridgehead atoms. The number of hydrogen-bond acceptors (Lipinski definition) is 4. The van der Waals surface area contributed by atoms with Crippen molar-refractivity contribution in [2.24, 2.45) is 0 Å². The van der Waals surface area contributed by atoms with Gasteiger partial charge < -0.3 is 5.32 Å². The lowest BCUT2D eigenvalue weighted by Crippen LogP contribution is -2.07. The minimum Gasteiger partial charge on any atom is -0.323 e. The number of fused-ring (bicyclic) bond motifs is 1. The Labute approximate surface area is 190 Å². The van der Waals surface area contributed by atoms with Crippen molar-refractivity contribution in [1.29, 1.82) is 0 Å². The lowest BCUT2D eigenvalue weighted by atomic mass is 10.0. The Bertz CT molecular complexity index is 1420. The molecule has 1 heterocycles. The van der Waals surface area contributed by atoms with Crippen molar-refractivity contribution in [3.8, 4) is 11.3 Å². The molecule has 0 fully saturated rings. The molecule has 4 aromatic carbocycles. The smallest absolute Gasteiger partial charge is 0.228 e. The number of ketones is 1. The molecule has 4 nitrogen and oxygen atoms in total. The third kappa shape index (κ3) is 3.96. The molecule has 0 saturated carbocycles. The van der Waals surface area contributed by atoms with Crippen LogP contribution in [0.3, 0.4) is 0 Å². The van der Waals surface area contributed by atoms with Crippen LogP contribution >= 0.6 is 11.6 Å². The normalized spacial score (nSPS) is 10.8. The molecule has 0 atom stereocenters. The van der Waals surface area contributed by atoms with Crippen molar-refractivity contribution in [2.45, 2.75) is 0 Å². The Morgan fingerprint density at radius 1 is 0.750 bits per heavy atom. The summed E-state index contributed by atoms with van der Waals surface area (Å²) in [5.41, 5.74) is 4.32. The van der Waals surface area contributed by atoms with Gasteiger partial charge in [-0.1, -0.05) is 84.4 Å². The fraction of sp³-hybridized carbons (Fsp3) is 0. The Morgan fingerprint density at radius 2 is 1.44 bits per heavy atom. The predicted octanol–water partition coefficient (Wildman–Crippen LogP) is 6.92. The lowest BCUT2D eigenvalue weighted by Gasteiger charge is -2.13. The highest BCUT2D eigenvalue weighted by Crippen LogP contribution is 2.31. The second kappa shape index (κ2) is 8.61. The summed E-state index contributed by atoms with van der Waals surface area (Å²) < 4.78 is 0. The molecule has 0 amide bonds. The van der Waals surface area contributed by atoms with E-state index in [0.717, 1.165) is 22.2 Å². The SMILES string of the molecule is O=C(c1ccccc1)c1ccccc1Nc1nc(-c2ccccc2)c2cc(Cl)ccc2n1. The molecule has 5 heteroatoms. The summed E-state index contributed by atoms with van der Waals surface area (Å²) in [5.74, 6) is 0.344. The number of benzene rings is 4. The Morgan fingerprint density at radius 3 is 2.22 bits per heavy atom. The van der Waals surface area contributed by atoms with E-state index in [4.69, 9.17) is 16.6 Å². The molecule has 0 saturated heterocycles. The quantitative estimate of drug-likeness (QED) is 0.304. The molecule has 1 N–H and O–H groups in total. The van der Waals surface area contributed by atoms with Gasteiger partial charge in [0.2, 0.25) is 5.95 Å². The van der Waals surface area contributed by atoms with E-state index in [-0.39, 0.29) is 5.78 Å². The molecule has 154 valence electrons. The van der Waals surface area contributed by atoms with Crippen LogP contribution < -0.4 is 5.32 Å². The number of halogens is 1. The van der Waals surface area contributed by atoms with Gasteiger partial charge in [-0.2, -0.15) is 0 Å². The van der Waals surface area contributed by atoms with Crippen molar-refractivity contribution in [3.05, 3.63) is 119 Å². The van der Waals surface area contributed by atoms with Gasteiger partial charge in [-0.3, -0.25) is 4.79 Å². The first-order valence-corrected chi connectivity index (χ1v) is 10.6. The number of aromatic nitrogens is 2. The largest absolute Gasteiger partial charge is 0.323 e. The van der Waals surface area contributed by atoms with E-state index in [2.05, 4.69) is 10.3 Å². The van der Waals surface area contributed by atoms with Crippen LogP contribution in [0.15, 0.2) is 103 Å². The molecule has 0 aliphatic rings. The maximum atomic E-state index is 13.1. The van der Waals surface area contributed by atoms with Crippen LogP contribution in [0, 0.1) is 0 Å². The molecule has 0 radical (unpaired) electrons. The first kappa shape index (κ1) is 19.9. The number of para-hydroxylation sites is 1. The maximum absolute atomic E-state index is 13.1. The predicted molar refractivity (Wildman–Crippen MR) is 130 cm³/mol. The van der Waals surface area contributed by atoms with Crippen LogP contribution in [0.1, 0.15) is 15.9 Å². The van der Waals surface area contributed by atoms with Crippen LogP contribution in [0.25, 0.3) is 22.2 Å². The van der Waals surface area contributed by atoms with Gasteiger partial charge in [0, 0.05) is 27.1 Å². The van der Waals surface area contributed by atoms with E-state index in [0.29, 0.717) is 27.8 Å². The third-order valence-corrected chi connectivity index (χ3v) is 5.39. The summed E-state index contributed by atoms with van der Waals surface area (Å²) in [7, 11) is 0. The van der Waals surface area contributed by atoms with Gasteiger partial charge in [0.25, 0.3) is 0 Å². The van der Waals surface area contributed by atoms with Crippen molar-refractivity contribution >= 4 is 39.9 Å². The van der Waals surface area contributed by atoms with Gasteiger partial charge in [0.15, 0.2) is 5.78 Å². The van der Waals surface area contributed by atoms with Crippen molar-refractivity contribution in [2.75, 3.05) is 5.32 Å². The number of nitrogens with one attached hydrogen (secondary N) is 1. The second-order valence-corrected chi connectivity index (χ2v) is 7.73. The highest BCUT2D eigenvalue weighted by molar-refractivity contribution is 6.31. The standard InChI is InChI=1S/C27H18ClN3O/c28-20-15-16-24-22(17-20)25(18-9-3-1-4-10-18)31-27(30-24)29-23-14-8-7-13-21(23)26(32)19-11-5-2-6-12-19/h1-17H,(H,29,30,31). The number of hydrogen-bond donors (Lipinski definition) is 1. The minimum atomic E-state index is -0.0652. The van der Waals surface area contributed by atoms with Crippen molar-refractivity contribution in [1.82, 2.24) is 9.97 Å². The number of carbonyl (C=O) groups excluding carboxylic acids is 1. The molecule has 0 spiro atoms. The topological polar surface area (TPSA) is 54.9 Å². The molecule has 0 aliphatic heterocycles. The first-order valence-electron chi connectivity index (χ1n) is 10.2. The summed E-state index contributed by atoms with van der Waals surface area (Å²) in [6, 6.07) is 32.0. The van der Waals surface area contributed by atoms with Gasteiger partial charge >= 0.3 is 0 Å². The Balaban J connectivity index is 1.60. The van der Waals surface area contributed by atoms with Gasteiger partial charge in [-0.25, -0.2) is 9.97 Å². The van der Waals surface area contributed by atoms with Crippen molar-refractivity contribution < 1.29 is 4.79 Å². The average molecular weight is 436 g/mol. The van der Waals surface area contributed by atoms with Crippen LogP contribution in [-0.2, 0) is 0 Å². The summed E-state index contributed by atoms with van der Waals surface area (Å²) in [4.78, 5) is 22.6. The van der Waals surface area contributed by atoms with E-state index in [9.17, 15) is 4.79 Å². The summed E-state index contributed by atoms with van der Waals surface area (Å²) in [6.07, 6.45) is 0. The zero-order valence-electron chi connectivity index (χ0n) is 17.0. The summed E-state index contributed by atoms with van der Waals surface area (Å²) in [6.45, 7) is 0. The van der Waals surface area contributed by atoms with E-state index in [1.807, 2.05) is 97.1 Å². The van der Waals surface area contributed by atoms with E-state index < -0.39 is 0 Å². The monoisotopic (exact) mass is 435 g/mol. The number of anilines is 2. The van der Waals surface area contributed by atoms with Gasteiger partial charge in [0.05, 0.1) is 16.9 Å². The van der Waals surface area contributed by atoms with Crippen LogP contribution in [0.2, 0.25) is 5.02 Å². The minimum absolute atomic E-state index is 0.0652. The molecule has 5 aromatic rings. The third-order valence-electron chi connectivity index (χ3n) is 5.16. The van der Waals surface area contributed by atoms with Crippen LogP contribution in [-0.4, -0.2) is 15.8 Å². The molecular weight excluding hydrogens is 418 g/mol. The van der Waals surface area contributed by atoms with Crippen LogP contribution in [0.5, 0.6) is 0 Å². The van der Waals surface area contributed by atoms with Gasteiger partial charge in [-0.05, 0) is 30.3 Å². The Hall–Kier alpha value is -4.02. The second-order valence-electron chi connectivity index (χ2n) is 7.29. The molecular formula is C27H18ClN3O. The molecule has 32 heavy (non-hydrogen) atoms. The van der Waals surface area contributed by atoms with Crippen molar-refractivity contribution in [3.63, 3.8) is 0 Å².